The van der Waals surface area contributed by atoms with Crippen LogP contribution in [0.1, 0.15) is 16.7 Å². The summed E-state index contributed by atoms with van der Waals surface area (Å²) in [4.78, 5) is 0. The summed E-state index contributed by atoms with van der Waals surface area (Å²) >= 11 is 6.04. The Morgan fingerprint density at radius 1 is 0.652 bits per heavy atom. The van der Waals surface area contributed by atoms with Gasteiger partial charge in [-0.05, 0) is 45.5 Å². The van der Waals surface area contributed by atoms with Gasteiger partial charge in [-0.1, -0.05) is 90.5 Å². The Kier molecular flexibility index (Phi) is 3.61. The number of fused-ring (bicyclic) bond motifs is 3. The molecular weight excluding hydrogens is 300 g/mol. The average molecular weight is 315 g/mol. The Labute approximate surface area is 141 Å². The first-order valence-corrected chi connectivity index (χ1v) is 8.04. The van der Waals surface area contributed by atoms with Crippen molar-refractivity contribution in [2.45, 2.75) is 0 Å². The normalized spacial score (nSPS) is 12.3. The summed E-state index contributed by atoms with van der Waals surface area (Å²) in [5.74, 6) is 0. The highest BCUT2D eigenvalue weighted by molar-refractivity contribution is 6.30. The fourth-order valence-electron chi connectivity index (χ4n) is 3.10. The first-order valence-electron chi connectivity index (χ1n) is 7.66. The Hall–Kier alpha value is -2.57. The van der Waals surface area contributed by atoms with Crippen LogP contribution in [0.5, 0.6) is 0 Å². The Balaban J connectivity index is 1.76. The van der Waals surface area contributed by atoms with Crippen molar-refractivity contribution < 1.29 is 0 Å². The second kappa shape index (κ2) is 5.91. The van der Waals surface area contributed by atoms with E-state index in [1.807, 2.05) is 18.2 Å². The van der Waals surface area contributed by atoms with E-state index in [1.54, 1.807) is 0 Å². The van der Waals surface area contributed by atoms with Gasteiger partial charge in [0.1, 0.15) is 0 Å². The maximum absolute atomic E-state index is 6.04. The molecule has 110 valence electrons. The molecule has 0 unspecified atom stereocenters. The lowest BCUT2D eigenvalue weighted by molar-refractivity contribution is 1.65. The van der Waals surface area contributed by atoms with E-state index in [0.717, 1.165) is 10.6 Å². The summed E-state index contributed by atoms with van der Waals surface area (Å²) in [5, 5.41) is 0.761. The van der Waals surface area contributed by atoms with E-state index < -0.39 is 0 Å². The molecule has 0 nitrogen and oxygen atoms in total. The minimum Gasteiger partial charge on any atom is -0.0843 e. The molecule has 3 aromatic rings. The van der Waals surface area contributed by atoms with Crippen molar-refractivity contribution in [2.75, 3.05) is 0 Å². The lowest BCUT2D eigenvalue weighted by Crippen LogP contribution is -1.79. The van der Waals surface area contributed by atoms with E-state index in [9.17, 15) is 0 Å². The quantitative estimate of drug-likeness (QED) is 0.398. The predicted molar refractivity (Wildman–Crippen MR) is 99.4 cm³/mol. The number of allylic oxidation sites excluding steroid dienone is 2. The third-order valence-electron chi connectivity index (χ3n) is 4.12. The molecule has 0 N–H and O–H groups in total. The number of halogens is 1. The highest BCUT2D eigenvalue weighted by Crippen LogP contribution is 2.43. The van der Waals surface area contributed by atoms with E-state index in [-0.39, 0.29) is 0 Å². The van der Waals surface area contributed by atoms with Crippen LogP contribution < -0.4 is 0 Å². The maximum atomic E-state index is 6.04. The zero-order valence-electron chi connectivity index (χ0n) is 12.5. The molecule has 0 saturated heterocycles. The van der Waals surface area contributed by atoms with Gasteiger partial charge in [0, 0.05) is 5.02 Å². The van der Waals surface area contributed by atoms with Gasteiger partial charge in [-0.2, -0.15) is 0 Å². The van der Waals surface area contributed by atoms with Crippen molar-refractivity contribution in [3.8, 4) is 11.1 Å². The van der Waals surface area contributed by atoms with Gasteiger partial charge in [-0.3, -0.25) is 0 Å². The number of hydrogen-bond acceptors (Lipinski definition) is 0. The zero-order valence-corrected chi connectivity index (χ0v) is 13.3. The molecular formula is C22H15Cl. The van der Waals surface area contributed by atoms with Crippen LogP contribution in [-0.2, 0) is 0 Å². The van der Waals surface area contributed by atoms with Crippen molar-refractivity contribution in [3.63, 3.8) is 0 Å². The van der Waals surface area contributed by atoms with Crippen molar-refractivity contribution in [2.24, 2.45) is 0 Å². The van der Waals surface area contributed by atoms with Gasteiger partial charge < -0.3 is 0 Å². The van der Waals surface area contributed by atoms with Gasteiger partial charge in [0.15, 0.2) is 0 Å². The third-order valence-corrected chi connectivity index (χ3v) is 4.36. The van der Waals surface area contributed by atoms with Gasteiger partial charge in [0.2, 0.25) is 0 Å². The fraction of sp³-hybridized carbons (Fsp3) is 0. The van der Waals surface area contributed by atoms with E-state index >= 15 is 0 Å². The molecule has 0 spiro atoms. The molecule has 0 radical (unpaired) electrons. The van der Waals surface area contributed by atoms with Crippen LogP contribution in [0.4, 0.5) is 0 Å². The number of rotatable bonds is 2. The zero-order chi connectivity index (χ0) is 15.6. The Bertz CT molecular complexity index is 884. The van der Waals surface area contributed by atoms with Gasteiger partial charge >= 0.3 is 0 Å². The smallest absolute Gasteiger partial charge is 0.0411 e. The van der Waals surface area contributed by atoms with Gasteiger partial charge in [0.05, 0.1) is 0 Å². The first-order chi connectivity index (χ1) is 11.3. The van der Waals surface area contributed by atoms with Crippen LogP contribution in [-0.4, -0.2) is 0 Å². The largest absolute Gasteiger partial charge is 0.0843 e. The molecule has 0 saturated carbocycles. The molecule has 0 bridgehead atoms. The van der Waals surface area contributed by atoms with E-state index in [2.05, 4.69) is 72.8 Å². The molecule has 23 heavy (non-hydrogen) atoms. The van der Waals surface area contributed by atoms with Crippen LogP contribution in [0.2, 0.25) is 5.02 Å². The van der Waals surface area contributed by atoms with Crippen molar-refractivity contribution in [1.82, 2.24) is 0 Å². The molecule has 0 fully saturated rings. The van der Waals surface area contributed by atoms with E-state index in [1.165, 1.54) is 27.8 Å². The molecule has 0 heterocycles. The standard InChI is InChI=1S/C22H15Cl/c23-17-9-5-7-16(15-17)8-6-14-22-20-12-3-1-10-18(20)19-11-2-4-13-21(19)22/h1-15H. The summed E-state index contributed by atoms with van der Waals surface area (Å²) in [5.41, 5.74) is 7.59. The third kappa shape index (κ3) is 2.62. The lowest BCUT2D eigenvalue weighted by atomic mass is 10.0. The summed E-state index contributed by atoms with van der Waals surface area (Å²) in [6.45, 7) is 0. The van der Waals surface area contributed by atoms with Gasteiger partial charge in [0.25, 0.3) is 0 Å². The van der Waals surface area contributed by atoms with Crippen LogP contribution >= 0.6 is 11.6 Å². The molecule has 3 aromatic carbocycles. The maximum Gasteiger partial charge on any atom is 0.0411 e. The van der Waals surface area contributed by atoms with Crippen LogP contribution in [0, 0.1) is 0 Å². The second-order valence-corrected chi connectivity index (χ2v) is 6.02. The SMILES string of the molecule is Clc1cccc(C=CC=C2c3ccccc3-c3ccccc32)c1. The van der Waals surface area contributed by atoms with Crippen molar-refractivity contribution in [3.05, 3.63) is 107 Å². The van der Waals surface area contributed by atoms with E-state index in [0.29, 0.717) is 0 Å². The molecule has 0 amide bonds. The number of benzene rings is 3. The Morgan fingerprint density at radius 3 is 1.87 bits per heavy atom. The summed E-state index contributed by atoms with van der Waals surface area (Å²) < 4.78 is 0. The van der Waals surface area contributed by atoms with Gasteiger partial charge in [-0.15, -0.1) is 0 Å². The molecule has 1 aliphatic carbocycles. The molecule has 4 rings (SSSR count). The summed E-state index contributed by atoms with van der Waals surface area (Å²) in [6.07, 6.45) is 6.37. The molecule has 0 atom stereocenters. The molecule has 0 aromatic heterocycles. The fourth-order valence-corrected chi connectivity index (χ4v) is 3.29. The monoisotopic (exact) mass is 314 g/mol. The minimum atomic E-state index is 0.761. The summed E-state index contributed by atoms with van der Waals surface area (Å²) in [7, 11) is 0. The number of hydrogen-bond donors (Lipinski definition) is 0. The second-order valence-electron chi connectivity index (χ2n) is 5.59. The first kappa shape index (κ1) is 14.0. The van der Waals surface area contributed by atoms with Crippen LogP contribution in [0.3, 0.4) is 0 Å². The van der Waals surface area contributed by atoms with Crippen molar-refractivity contribution in [1.29, 1.82) is 0 Å². The highest BCUT2D eigenvalue weighted by Gasteiger charge is 2.21. The summed E-state index contributed by atoms with van der Waals surface area (Å²) in [6, 6.07) is 25.0. The van der Waals surface area contributed by atoms with Crippen LogP contribution in [0.15, 0.2) is 84.9 Å². The lowest BCUT2D eigenvalue weighted by Gasteiger charge is -2.00. The van der Waals surface area contributed by atoms with Crippen LogP contribution in [0.25, 0.3) is 22.8 Å². The topological polar surface area (TPSA) is 0 Å². The van der Waals surface area contributed by atoms with Gasteiger partial charge in [-0.25, -0.2) is 0 Å². The van der Waals surface area contributed by atoms with Crippen molar-refractivity contribution >= 4 is 23.3 Å². The molecule has 1 heteroatoms. The Morgan fingerprint density at radius 2 is 1.26 bits per heavy atom. The molecule has 1 aliphatic rings. The predicted octanol–water partition coefficient (Wildman–Crippen LogP) is 6.47. The van der Waals surface area contributed by atoms with E-state index in [4.69, 9.17) is 11.6 Å². The highest BCUT2D eigenvalue weighted by atomic mass is 35.5. The minimum absolute atomic E-state index is 0.761. The average Bonchev–Trinajstić information content (AvgIpc) is 2.90. The molecule has 0 aliphatic heterocycles.